The van der Waals surface area contributed by atoms with Crippen LogP contribution in [0.3, 0.4) is 0 Å². The van der Waals surface area contributed by atoms with E-state index in [0.717, 1.165) is 36.2 Å². The molecule has 3 rings (SSSR count). The quantitative estimate of drug-likeness (QED) is 0.815. The fourth-order valence-electron chi connectivity index (χ4n) is 5.18. The lowest BCUT2D eigenvalue weighted by molar-refractivity contribution is 0.210. The number of ether oxygens (including phenoxy) is 1. The molecule has 0 radical (unpaired) electrons. The van der Waals surface area contributed by atoms with Gasteiger partial charge in [-0.05, 0) is 78.1 Å². The summed E-state index contributed by atoms with van der Waals surface area (Å²) >= 11 is 0. The minimum Gasteiger partial charge on any atom is -0.496 e. The summed E-state index contributed by atoms with van der Waals surface area (Å²) in [6, 6.07) is 6.04. The summed E-state index contributed by atoms with van der Waals surface area (Å²) in [7, 11) is 8.57. The van der Waals surface area contributed by atoms with Crippen LogP contribution >= 0.6 is 0 Å². The van der Waals surface area contributed by atoms with Crippen LogP contribution in [0, 0.1) is 25.7 Å². The van der Waals surface area contributed by atoms with Crippen LogP contribution in [0.25, 0.3) is 0 Å². The molecule has 3 nitrogen and oxygen atoms in total. The van der Waals surface area contributed by atoms with E-state index in [1.807, 2.05) is 0 Å². The summed E-state index contributed by atoms with van der Waals surface area (Å²) in [4.78, 5) is 5.00. The van der Waals surface area contributed by atoms with E-state index in [4.69, 9.17) is 4.74 Å². The van der Waals surface area contributed by atoms with Crippen LogP contribution in [-0.2, 0) is 6.54 Å². The summed E-state index contributed by atoms with van der Waals surface area (Å²) in [5.74, 6) is 2.94. The van der Waals surface area contributed by atoms with Crippen molar-refractivity contribution in [2.75, 3.05) is 28.3 Å². The van der Waals surface area contributed by atoms with Crippen molar-refractivity contribution in [3.05, 3.63) is 28.8 Å². The first-order valence-corrected chi connectivity index (χ1v) is 9.39. The normalized spacial score (nSPS) is 29.5. The zero-order chi connectivity index (χ0) is 17.4. The third-order valence-corrected chi connectivity index (χ3v) is 6.44. The maximum atomic E-state index is 5.68. The largest absolute Gasteiger partial charge is 0.496 e. The number of methoxy groups -OCH3 is 1. The predicted molar refractivity (Wildman–Crippen MR) is 101 cm³/mol. The van der Waals surface area contributed by atoms with Crippen molar-refractivity contribution < 1.29 is 4.74 Å². The van der Waals surface area contributed by atoms with E-state index < -0.39 is 0 Å². The van der Waals surface area contributed by atoms with Gasteiger partial charge < -0.3 is 9.64 Å². The fraction of sp³-hybridized carbons (Fsp3) is 0.714. The van der Waals surface area contributed by atoms with Gasteiger partial charge in [-0.25, -0.2) is 0 Å². The van der Waals surface area contributed by atoms with Gasteiger partial charge in [0, 0.05) is 24.2 Å². The summed E-state index contributed by atoms with van der Waals surface area (Å²) < 4.78 is 5.68. The summed E-state index contributed by atoms with van der Waals surface area (Å²) in [6.45, 7) is 5.32. The third kappa shape index (κ3) is 3.48. The Labute approximate surface area is 148 Å². The molecule has 0 aromatic heterocycles. The van der Waals surface area contributed by atoms with Gasteiger partial charge in [0.25, 0.3) is 0 Å². The smallest absolute Gasteiger partial charge is 0.126 e. The number of aryl methyl sites for hydroxylation is 2. The maximum Gasteiger partial charge on any atom is 0.126 e. The average molecular weight is 331 g/mol. The second-order valence-electron chi connectivity index (χ2n) is 8.42. The van der Waals surface area contributed by atoms with Crippen LogP contribution in [0.5, 0.6) is 5.75 Å². The van der Waals surface area contributed by atoms with E-state index in [9.17, 15) is 0 Å². The van der Waals surface area contributed by atoms with Gasteiger partial charge in [-0.2, -0.15) is 0 Å². The second kappa shape index (κ2) is 7.05. The molecule has 0 aliphatic heterocycles. The summed E-state index contributed by atoms with van der Waals surface area (Å²) in [5.41, 5.74) is 3.91. The van der Waals surface area contributed by atoms with Gasteiger partial charge in [-0.1, -0.05) is 17.7 Å². The first-order valence-electron chi connectivity index (χ1n) is 9.39. The van der Waals surface area contributed by atoms with E-state index >= 15 is 0 Å². The second-order valence-corrected chi connectivity index (χ2v) is 8.42. The number of nitrogens with zero attached hydrogens (tertiary/aromatic N) is 2. The number of hydrogen-bond acceptors (Lipinski definition) is 3. The fourth-order valence-corrected chi connectivity index (χ4v) is 5.18. The molecule has 0 N–H and O–H groups in total. The van der Waals surface area contributed by atoms with E-state index in [2.05, 4.69) is 56.9 Å². The van der Waals surface area contributed by atoms with Crippen molar-refractivity contribution >= 4 is 0 Å². The van der Waals surface area contributed by atoms with Gasteiger partial charge in [0.15, 0.2) is 0 Å². The Kier molecular flexibility index (Phi) is 5.22. The molecule has 1 aromatic rings. The molecular formula is C21H34N2O. The lowest BCUT2D eigenvalue weighted by Gasteiger charge is -2.28. The highest BCUT2D eigenvalue weighted by molar-refractivity contribution is 5.43. The highest BCUT2D eigenvalue weighted by Crippen LogP contribution is 2.46. The monoisotopic (exact) mass is 330 g/mol. The van der Waals surface area contributed by atoms with Crippen LogP contribution in [-0.4, -0.2) is 50.1 Å². The van der Waals surface area contributed by atoms with E-state index in [1.165, 1.54) is 42.4 Å². The summed E-state index contributed by atoms with van der Waals surface area (Å²) in [6.07, 6.45) is 5.54. The van der Waals surface area contributed by atoms with Crippen molar-refractivity contribution in [2.45, 2.75) is 58.2 Å². The molecule has 2 fully saturated rings. The molecule has 0 heterocycles. The van der Waals surface area contributed by atoms with Crippen LogP contribution < -0.4 is 4.74 Å². The highest BCUT2D eigenvalue weighted by atomic mass is 16.5. The lowest BCUT2D eigenvalue weighted by Crippen LogP contribution is -2.31. The molecule has 4 atom stereocenters. The Balaban J connectivity index is 1.65. The van der Waals surface area contributed by atoms with Crippen LogP contribution in [0.15, 0.2) is 12.1 Å². The number of rotatable bonds is 5. The SMILES string of the molecule is COc1c(C)cc(C)cc1CN(C)C1C[C@H]2CC(N(C)C)C[C@H]2C1. The van der Waals surface area contributed by atoms with Gasteiger partial charge in [0.1, 0.15) is 5.75 Å². The maximum absolute atomic E-state index is 5.68. The van der Waals surface area contributed by atoms with Gasteiger partial charge in [0.2, 0.25) is 0 Å². The molecule has 0 saturated heterocycles. The van der Waals surface area contributed by atoms with Gasteiger partial charge in [-0.15, -0.1) is 0 Å². The molecule has 0 amide bonds. The molecule has 3 heteroatoms. The third-order valence-electron chi connectivity index (χ3n) is 6.44. The van der Waals surface area contributed by atoms with E-state index in [0.29, 0.717) is 0 Å². The Bertz CT molecular complexity index is 569. The Hall–Kier alpha value is -1.06. The molecule has 2 unspecified atom stereocenters. The summed E-state index contributed by atoms with van der Waals surface area (Å²) in [5, 5.41) is 0. The zero-order valence-corrected chi connectivity index (χ0v) is 16.3. The Morgan fingerprint density at radius 2 is 1.54 bits per heavy atom. The minimum absolute atomic E-state index is 0.730. The first kappa shape index (κ1) is 17.8. The number of benzene rings is 1. The molecule has 2 aliphatic rings. The van der Waals surface area contributed by atoms with Gasteiger partial charge >= 0.3 is 0 Å². The van der Waals surface area contributed by atoms with Gasteiger partial charge in [0.05, 0.1) is 7.11 Å². The van der Waals surface area contributed by atoms with Crippen molar-refractivity contribution in [1.29, 1.82) is 0 Å². The molecule has 0 spiro atoms. The molecule has 1 aromatic carbocycles. The Morgan fingerprint density at radius 3 is 2.08 bits per heavy atom. The zero-order valence-electron chi connectivity index (χ0n) is 16.3. The molecule has 2 aliphatic carbocycles. The van der Waals surface area contributed by atoms with Crippen molar-refractivity contribution in [1.82, 2.24) is 9.80 Å². The van der Waals surface area contributed by atoms with Crippen LogP contribution in [0.1, 0.15) is 42.4 Å². The van der Waals surface area contributed by atoms with Crippen LogP contribution in [0.4, 0.5) is 0 Å². The number of fused-ring (bicyclic) bond motifs is 1. The average Bonchev–Trinajstić information content (AvgIpc) is 3.05. The van der Waals surface area contributed by atoms with Gasteiger partial charge in [-0.3, -0.25) is 4.90 Å². The topological polar surface area (TPSA) is 15.7 Å². The number of hydrogen-bond donors (Lipinski definition) is 0. The molecule has 24 heavy (non-hydrogen) atoms. The van der Waals surface area contributed by atoms with Crippen molar-refractivity contribution in [3.8, 4) is 5.75 Å². The molecule has 134 valence electrons. The van der Waals surface area contributed by atoms with Crippen molar-refractivity contribution in [2.24, 2.45) is 11.8 Å². The molecule has 2 saturated carbocycles. The predicted octanol–water partition coefficient (Wildman–Crippen LogP) is 3.86. The lowest BCUT2D eigenvalue weighted by atomic mass is 10.0. The van der Waals surface area contributed by atoms with E-state index in [-0.39, 0.29) is 0 Å². The highest BCUT2D eigenvalue weighted by Gasteiger charge is 2.43. The molecule has 0 bridgehead atoms. The van der Waals surface area contributed by atoms with Crippen LogP contribution in [0.2, 0.25) is 0 Å². The molecular weight excluding hydrogens is 296 g/mol. The minimum atomic E-state index is 0.730. The first-order chi connectivity index (χ1) is 11.4. The van der Waals surface area contributed by atoms with Crippen molar-refractivity contribution in [3.63, 3.8) is 0 Å². The standard InChI is InChI=1S/C21H34N2O/c1-14-7-15(2)21(24-6)18(8-14)13-23(5)20-11-16-9-19(22(3)4)10-17(16)12-20/h7-8,16-17,19-20H,9-13H2,1-6H3/t16-,17+,19?,20?. The van der Waals surface area contributed by atoms with E-state index in [1.54, 1.807) is 7.11 Å². The Morgan fingerprint density at radius 1 is 0.958 bits per heavy atom.